The van der Waals surface area contributed by atoms with Gasteiger partial charge in [0, 0.05) is 12.5 Å². The largest absolute Gasteiger partial charge is 0.497 e. The highest BCUT2D eigenvalue weighted by Gasteiger charge is 2.18. The summed E-state index contributed by atoms with van der Waals surface area (Å²) in [7, 11) is 1.53. The van der Waals surface area contributed by atoms with Crippen molar-refractivity contribution in [1.82, 2.24) is 0 Å². The number of carbonyl (C=O) groups is 1. The van der Waals surface area contributed by atoms with Crippen LogP contribution in [0, 0.1) is 0 Å². The second-order valence-electron chi connectivity index (χ2n) is 8.12. The van der Waals surface area contributed by atoms with Crippen LogP contribution in [0.15, 0.2) is 70.1 Å². The molecule has 0 aliphatic carbocycles. The van der Waals surface area contributed by atoms with E-state index in [0.29, 0.717) is 70.3 Å². The number of carbonyl (C=O) groups excluding carboxylic acids is 1. The smallest absolute Gasteiger partial charge is 0.343 e. The van der Waals surface area contributed by atoms with Crippen molar-refractivity contribution < 1.29 is 28.2 Å². The minimum atomic E-state index is -0.524. The van der Waals surface area contributed by atoms with Gasteiger partial charge in [-0.2, -0.15) is 0 Å². The lowest BCUT2D eigenvalue weighted by atomic mass is 10.0. The molecule has 0 amide bonds. The molecule has 0 saturated carbocycles. The van der Waals surface area contributed by atoms with Crippen molar-refractivity contribution in [2.45, 2.75) is 19.8 Å². The Bertz CT molecular complexity index is 1470. The van der Waals surface area contributed by atoms with Crippen LogP contribution in [0.4, 0.5) is 0 Å². The van der Waals surface area contributed by atoms with Crippen molar-refractivity contribution in [2.75, 3.05) is 20.3 Å². The zero-order chi connectivity index (χ0) is 24.4. The fourth-order valence-corrected chi connectivity index (χ4v) is 4.01. The highest BCUT2D eigenvalue weighted by molar-refractivity contribution is 5.92. The second-order valence-corrected chi connectivity index (χ2v) is 8.12. The normalized spacial score (nSPS) is 12.7. The SMILES string of the molecule is CCc1cc2c(=O)c(-c3ccc4c(c3)OCCCO4)coc2cc1OC(=O)c1cccc(OC)c1. The number of ether oxygens (including phenoxy) is 4. The molecule has 5 rings (SSSR count). The molecule has 1 aromatic heterocycles. The first-order valence-electron chi connectivity index (χ1n) is 11.4. The first-order chi connectivity index (χ1) is 17.1. The van der Waals surface area contributed by atoms with Gasteiger partial charge in [0.25, 0.3) is 0 Å². The van der Waals surface area contributed by atoms with E-state index >= 15 is 0 Å². The molecule has 0 unspecified atom stereocenters. The molecule has 0 bridgehead atoms. The van der Waals surface area contributed by atoms with E-state index in [-0.39, 0.29) is 5.43 Å². The fraction of sp³-hybridized carbons (Fsp3) is 0.214. The predicted octanol–water partition coefficient (Wildman–Crippen LogP) is 5.41. The third-order valence-electron chi connectivity index (χ3n) is 5.90. The van der Waals surface area contributed by atoms with E-state index in [2.05, 4.69) is 0 Å². The number of aryl methyl sites for hydroxylation is 1. The molecule has 35 heavy (non-hydrogen) atoms. The molecule has 1 aliphatic rings. The maximum absolute atomic E-state index is 13.4. The fourth-order valence-electron chi connectivity index (χ4n) is 4.01. The second kappa shape index (κ2) is 9.54. The maximum atomic E-state index is 13.4. The Kier molecular flexibility index (Phi) is 6.14. The van der Waals surface area contributed by atoms with Crippen LogP contribution in [0.1, 0.15) is 29.3 Å². The number of hydrogen-bond acceptors (Lipinski definition) is 7. The molecular weight excluding hydrogens is 448 g/mol. The van der Waals surface area contributed by atoms with Crippen molar-refractivity contribution in [3.05, 3.63) is 82.2 Å². The lowest BCUT2D eigenvalue weighted by Gasteiger charge is -2.12. The van der Waals surface area contributed by atoms with E-state index in [1.54, 1.807) is 48.5 Å². The molecule has 0 saturated heterocycles. The predicted molar refractivity (Wildman–Crippen MR) is 131 cm³/mol. The zero-order valence-corrected chi connectivity index (χ0v) is 19.5. The number of hydrogen-bond donors (Lipinski definition) is 0. The third kappa shape index (κ3) is 4.45. The van der Waals surface area contributed by atoms with Gasteiger partial charge in [-0.15, -0.1) is 0 Å². The van der Waals surface area contributed by atoms with E-state index in [4.69, 9.17) is 23.4 Å². The van der Waals surface area contributed by atoms with E-state index in [9.17, 15) is 9.59 Å². The van der Waals surface area contributed by atoms with Gasteiger partial charge < -0.3 is 23.4 Å². The van der Waals surface area contributed by atoms with Crippen LogP contribution in [-0.2, 0) is 6.42 Å². The first kappa shape index (κ1) is 22.5. The van der Waals surface area contributed by atoms with E-state index in [0.717, 1.165) is 12.0 Å². The van der Waals surface area contributed by atoms with Crippen LogP contribution < -0.4 is 24.4 Å². The molecule has 2 heterocycles. The van der Waals surface area contributed by atoms with Crippen molar-refractivity contribution in [3.8, 4) is 34.1 Å². The van der Waals surface area contributed by atoms with Crippen LogP contribution >= 0.6 is 0 Å². The van der Waals surface area contributed by atoms with Crippen molar-refractivity contribution in [1.29, 1.82) is 0 Å². The minimum Gasteiger partial charge on any atom is -0.497 e. The summed E-state index contributed by atoms with van der Waals surface area (Å²) < 4.78 is 28.1. The molecule has 4 aromatic rings. The van der Waals surface area contributed by atoms with Gasteiger partial charge in [-0.05, 0) is 53.9 Å². The topological polar surface area (TPSA) is 84.2 Å². The number of esters is 1. The lowest BCUT2D eigenvalue weighted by Crippen LogP contribution is -2.11. The van der Waals surface area contributed by atoms with Crippen LogP contribution in [0.5, 0.6) is 23.0 Å². The summed E-state index contributed by atoms with van der Waals surface area (Å²) in [5.74, 6) is 1.64. The average Bonchev–Trinajstić information content (AvgIpc) is 3.13. The van der Waals surface area contributed by atoms with E-state index in [1.807, 2.05) is 13.0 Å². The Labute approximate surface area is 201 Å². The summed E-state index contributed by atoms with van der Waals surface area (Å²) in [4.78, 5) is 26.1. The average molecular weight is 472 g/mol. The maximum Gasteiger partial charge on any atom is 0.343 e. The summed E-state index contributed by atoms with van der Waals surface area (Å²) in [5.41, 5.74) is 2.32. The molecule has 0 spiro atoms. The van der Waals surface area contributed by atoms with Gasteiger partial charge in [0.05, 0.1) is 36.8 Å². The van der Waals surface area contributed by atoms with Crippen molar-refractivity contribution in [3.63, 3.8) is 0 Å². The molecule has 0 fully saturated rings. The molecule has 0 radical (unpaired) electrons. The number of fused-ring (bicyclic) bond motifs is 2. The van der Waals surface area contributed by atoms with Crippen LogP contribution in [0.3, 0.4) is 0 Å². The van der Waals surface area contributed by atoms with Gasteiger partial charge in [-0.3, -0.25) is 4.79 Å². The number of rotatable bonds is 5. The lowest BCUT2D eigenvalue weighted by molar-refractivity contribution is 0.0733. The Morgan fingerprint density at radius 1 is 1.00 bits per heavy atom. The Hall–Kier alpha value is -4.26. The molecule has 3 aromatic carbocycles. The molecular formula is C28H24O7. The first-order valence-corrected chi connectivity index (χ1v) is 11.4. The van der Waals surface area contributed by atoms with E-state index in [1.165, 1.54) is 13.4 Å². The van der Waals surface area contributed by atoms with Gasteiger partial charge >= 0.3 is 5.97 Å². The number of methoxy groups -OCH3 is 1. The van der Waals surface area contributed by atoms with Gasteiger partial charge in [0.15, 0.2) is 11.5 Å². The monoisotopic (exact) mass is 472 g/mol. The molecule has 1 aliphatic heterocycles. The molecule has 0 N–H and O–H groups in total. The van der Waals surface area contributed by atoms with Gasteiger partial charge in [-0.1, -0.05) is 19.1 Å². The Morgan fingerprint density at radius 2 is 1.83 bits per heavy atom. The van der Waals surface area contributed by atoms with Crippen molar-refractivity contribution >= 4 is 16.9 Å². The summed E-state index contributed by atoms with van der Waals surface area (Å²) >= 11 is 0. The molecule has 0 atom stereocenters. The van der Waals surface area contributed by atoms with Crippen LogP contribution in [0.25, 0.3) is 22.1 Å². The Balaban J connectivity index is 1.51. The Morgan fingerprint density at radius 3 is 2.63 bits per heavy atom. The van der Waals surface area contributed by atoms with E-state index < -0.39 is 5.97 Å². The molecule has 178 valence electrons. The quantitative estimate of drug-likeness (QED) is 0.284. The minimum absolute atomic E-state index is 0.180. The molecule has 7 nitrogen and oxygen atoms in total. The summed E-state index contributed by atoms with van der Waals surface area (Å²) in [6.07, 6.45) is 2.78. The highest BCUT2D eigenvalue weighted by Crippen LogP contribution is 2.34. The summed E-state index contributed by atoms with van der Waals surface area (Å²) in [6, 6.07) is 15.5. The van der Waals surface area contributed by atoms with Gasteiger partial charge in [0.1, 0.15) is 23.3 Å². The van der Waals surface area contributed by atoms with Gasteiger partial charge in [0.2, 0.25) is 5.43 Å². The third-order valence-corrected chi connectivity index (χ3v) is 5.90. The van der Waals surface area contributed by atoms with Crippen LogP contribution in [0.2, 0.25) is 0 Å². The summed E-state index contributed by atoms with van der Waals surface area (Å²) in [6.45, 7) is 3.08. The van der Waals surface area contributed by atoms with Crippen LogP contribution in [-0.4, -0.2) is 26.3 Å². The summed E-state index contributed by atoms with van der Waals surface area (Å²) in [5, 5.41) is 0.410. The van der Waals surface area contributed by atoms with Crippen molar-refractivity contribution in [2.24, 2.45) is 0 Å². The highest BCUT2D eigenvalue weighted by atomic mass is 16.5. The van der Waals surface area contributed by atoms with Gasteiger partial charge in [-0.25, -0.2) is 4.79 Å². The standard InChI is InChI=1S/C28H24O7/c1-3-17-13-21-25(15-24(17)35-28(30)19-6-4-7-20(12-19)31-2)34-16-22(27(21)29)18-8-9-23-26(14-18)33-11-5-10-32-23/h4,6-9,12-16H,3,5,10-11H2,1-2H3. The number of benzene rings is 3. The molecule has 7 heteroatoms. The zero-order valence-electron chi connectivity index (χ0n) is 19.5.